The van der Waals surface area contributed by atoms with E-state index in [2.05, 4.69) is 24.5 Å². The zero-order valence-corrected chi connectivity index (χ0v) is 24.4. The first-order valence-electron chi connectivity index (χ1n) is 15.6. The van der Waals surface area contributed by atoms with Crippen LogP contribution in [-0.4, -0.2) is 23.3 Å². The fourth-order valence-electron chi connectivity index (χ4n) is 5.31. The van der Waals surface area contributed by atoms with Gasteiger partial charge in [-0.05, 0) is 36.8 Å². The summed E-state index contributed by atoms with van der Waals surface area (Å²) in [7, 11) is 0. The second-order valence-electron chi connectivity index (χ2n) is 11.0. The number of hydrogen-bond acceptors (Lipinski definition) is 4. The quantitative estimate of drug-likeness (QED) is 0.0875. The standard InChI is InChI=1S/C34H56N2O2/c1-3-5-7-9-11-13-21-27-33(37,31-23-17-15-18-24-31)35-29-30-36-34(38,32-25-19-16-20-26-32)28-22-14-12-10-8-6-4-2/h15-20,23-26,35-38H,3-14,21-22,27-30H2,1-2H3. The summed E-state index contributed by atoms with van der Waals surface area (Å²) in [5.74, 6) is 0. The molecular formula is C34H56N2O2. The van der Waals surface area contributed by atoms with Gasteiger partial charge in [0.2, 0.25) is 0 Å². The van der Waals surface area contributed by atoms with Crippen LogP contribution in [0.15, 0.2) is 60.7 Å². The third kappa shape index (κ3) is 12.4. The van der Waals surface area contributed by atoms with Crippen molar-refractivity contribution in [2.45, 2.75) is 128 Å². The van der Waals surface area contributed by atoms with E-state index in [4.69, 9.17) is 0 Å². The highest BCUT2D eigenvalue weighted by atomic mass is 16.3. The van der Waals surface area contributed by atoms with Gasteiger partial charge in [-0.2, -0.15) is 0 Å². The minimum atomic E-state index is -1.06. The minimum Gasteiger partial charge on any atom is -0.372 e. The average Bonchev–Trinajstić information content (AvgIpc) is 2.95. The van der Waals surface area contributed by atoms with Crippen LogP contribution in [0.2, 0.25) is 0 Å². The summed E-state index contributed by atoms with van der Waals surface area (Å²) in [6, 6.07) is 19.9. The lowest BCUT2D eigenvalue weighted by Gasteiger charge is -2.33. The van der Waals surface area contributed by atoms with Crippen LogP contribution >= 0.6 is 0 Å². The fourth-order valence-corrected chi connectivity index (χ4v) is 5.31. The van der Waals surface area contributed by atoms with E-state index in [1.165, 1.54) is 64.2 Å². The SMILES string of the molecule is CCCCCCCCCC(O)(NCCNC(O)(CCCCCCCCC)c1ccccc1)c1ccccc1. The van der Waals surface area contributed by atoms with E-state index in [0.29, 0.717) is 25.9 Å². The van der Waals surface area contributed by atoms with Gasteiger partial charge in [-0.15, -0.1) is 0 Å². The van der Waals surface area contributed by atoms with E-state index in [9.17, 15) is 10.2 Å². The molecule has 0 saturated heterocycles. The molecule has 38 heavy (non-hydrogen) atoms. The highest BCUT2D eigenvalue weighted by molar-refractivity contribution is 5.22. The maximum Gasteiger partial charge on any atom is 0.142 e. The van der Waals surface area contributed by atoms with E-state index in [0.717, 1.165) is 36.8 Å². The molecule has 0 saturated carbocycles. The summed E-state index contributed by atoms with van der Waals surface area (Å²) in [5.41, 5.74) is -0.300. The molecule has 0 fully saturated rings. The maximum atomic E-state index is 11.6. The molecule has 0 aromatic heterocycles. The first-order valence-corrected chi connectivity index (χ1v) is 15.6. The summed E-state index contributed by atoms with van der Waals surface area (Å²) in [6.45, 7) is 5.62. The Bertz CT molecular complexity index is 746. The Labute approximate surface area is 233 Å². The Balaban J connectivity index is 1.89. The van der Waals surface area contributed by atoms with Gasteiger partial charge in [0, 0.05) is 13.1 Å². The number of benzene rings is 2. The molecule has 0 aliphatic heterocycles. The van der Waals surface area contributed by atoms with Crippen molar-refractivity contribution in [3.8, 4) is 0 Å². The van der Waals surface area contributed by atoms with Gasteiger partial charge in [0.25, 0.3) is 0 Å². The van der Waals surface area contributed by atoms with Crippen molar-refractivity contribution in [2.75, 3.05) is 13.1 Å². The second kappa shape index (κ2) is 19.4. The van der Waals surface area contributed by atoms with Gasteiger partial charge in [0.05, 0.1) is 0 Å². The number of aliphatic hydroxyl groups is 2. The molecule has 0 amide bonds. The van der Waals surface area contributed by atoms with Crippen LogP contribution in [0.4, 0.5) is 0 Å². The summed E-state index contributed by atoms with van der Waals surface area (Å²) in [4.78, 5) is 0. The van der Waals surface area contributed by atoms with Crippen LogP contribution in [0, 0.1) is 0 Å². The lowest BCUT2D eigenvalue weighted by atomic mass is 9.95. The Morgan fingerprint density at radius 2 is 0.789 bits per heavy atom. The number of rotatable bonds is 23. The normalized spacial score (nSPS) is 14.7. The minimum absolute atomic E-state index is 0.564. The lowest BCUT2D eigenvalue weighted by Crippen LogP contribution is -2.49. The third-order valence-electron chi connectivity index (χ3n) is 7.75. The van der Waals surface area contributed by atoms with Gasteiger partial charge in [0.1, 0.15) is 11.4 Å². The average molecular weight is 525 g/mol. The monoisotopic (exact) mass is 524 g/mol. The Hall–Kier alpha value is -1.72. The zero-order valence-electron chi connectivity index (χ0n) is 24.4. The van der Waals surface area contributed by atoms with Crippen molar-refractivity contribution in [3.63, 3.8) is 0 Å². The molecule has 0 radical (unpaired) electrons. The molecule has 0 aliphatic carbocycles. The van der Waals surface area contributed by atoms with Crippen molar-refractivity contribution >= 4 is 0 Å². The van der Waals surface area contributed by atoms with Gasteiger partial charge < -0.3 is 10.2 Å². The lowest BCUT2D eigenvalue weighted by molar-refractivity contribution is -0.0244. The molecule has 2 aromatic carbocycles. The van der Waals surface area contributed by atoms with Crippen molar-refractivity contribution in [1.82, 2.24) is 10.6 Å². The van der Waals surface area contributed by atoms with E-state index in [1.54, 1.807) is 0 Å². The van der Waals surface area contributed by atoms with E-state index in [-0.39, 0.29) is 0 Å². The summed E-state index contributed by atoms with van der Waals surface area (Å²) >= 11 is 0. The maximum absolute atomic E-state index is 11.6. The molecule has 2 aromatic rings. The molecule has 2 rings (SSSR count). The van der Waals surface area contributed by atoms with Crippen LogP contribution in [0.3, 0.4) is 0 Å². The van der Waals surface area contributed by atoms with Gasteiger partial charge in [-0.1, -0.05) is 152 Å². The summed E-state index contributed by atoms with van der Waals surface area (Å²) < 4.78 is 0. The Kier molecular flexibility index (Phi) is 16.6. The first-order chi connectivity index (χ1) is 18.5. The molecule has 4 nitrogen and oxygen atoms in total. The summed E-state index contributed by atoms with van der Waals surface area (Å²) in [6.07, 6.45) is 18.5. The molecule has 0 spiro atoms. The highest BCUT2D eigenvalue weighted by Crippen LogP contribution is 2.27. The van der Waals surface area contributed by atoms with Gasteiger partial charge >= 0.3 is 0 Å². The molecule has 214 valence electrons. The molecule has 2 unspecified atom stereocenters. The van der Waals surface area contributed by atoms with E-state index < -0.39 is 11.4 Å². The van der Waals surface area contributed by atoms with Crippen molar-refractivity contribution < 1.29 is 10.2 Å². The second-order valence-corrected chi connectivity index (χ2v) is 11.0. The number of hydrogen-bond donors (Lipinski definition) is 4. The Morgan fingerprint density at radius 3 is 1.13 bits per heavy atom. The molecule has 0 aliphatic rings. The van der Waals surface area contributed by atoms with Crippen molar-refractivity contribution in [2.24, 2.45) is 0 Å². The Morgan fingerprint density at radius 1 is 0.474 bits per heavy atom. The highest BCUT2D eigenvalue weighted by Gasteiger charge is 2.30. The van der Waals surface area contributed by atoms with E-state index >= 15 is 0 Å². The van der Waals surface area contributed by atoms with Gasteiger partial charge in [-0.3, -0.25) is 10.6 Å². The van der Waals surface area contributed by atoms with E-state index in [1.807, 2.05) is 60.7 Å². The number of unbranched alkanes of at least 4 members (excludes halogenated alkanes) is 12. The predicted molar refractivity (Wildman–Crippen MR) is 162 cm³/mol. The third-order valence-corrected chi connectivity index (χ3v) is 7.75. The van der Waals surface area contributed by atoms with Crippen LogP contribution < -0.4 is 10.6 Å². The smallest absolute Gasteiger partial charge is 0.142 e. The van der Waals surface area contributed by atoms with Gasteiger partial charge in [0.15, 0.2) is 0 Å². The van der Waals surface area contributed by atoms with Crippen LogP contribution in [0.25, 0.3) is 0 Å². The fraction of sp³-hybridized carbons (Fsp3) is 0.647. The molecular weight excluding hydrogens is 468 g/mol. The first kappa shape index (κ1) is 32.5. The van der Waals surface area contributed by atoms with Crippen LogP contribution in [0.1, 0.15) is 128 Å². The van der Waals surface area contributed by atoms with Gasteiger partial charge in [-0.25, -0.2) is 0 Å². The predicted octanol–water partition coefficient (Wildman–Crippen LogP) is 8.14. The molecule has 4 N–H and O–H groups in total. The van der Waals surface area contributed by atoms with Crippen molar-refractivity contribution in [3.05, 3.63) is 71.8 Å². The molecule has 0 heterocycles. The molecule has 4 heteroatoms. The van der Waals surface area contributed by atoms with Crippen LogP contribution in [-0.2, 0) is 11.4 Å². The largest absolute Gasteiger partial charge is 0.372 e. The molecule has 0 bridgehead atoms. The van der Waals surface area contributed by atoms with Crippen molar-refractivity contribution in [1.29, 1.82) is 0 Å². The number of nitrogens with one attached hydrogen (secondary N) is 2. The summed E-state index contributed by atoms with van der Waals surface area (Å²) in [5, 5.41) is 30.1. The zero-order chi connectivity index (χ0) is 27.4. The van der Waals surface area contributed by atoms with Crippen LogP contribution in [0.5, 0.6) is 0 Å². The molecule has 2 atom stereocenters. The topological polar surface area (TPSA) is 64.5 Å².